The molecule has 3 aromatic rings. The van der Waals surface area contributed by atoms with E-state index in [1.807, 2.05) is 23.5 Å². The summed E-state index contributed by atoms with van der Waals surface area (Å²) in [4.78, 5) is 23.2. The Kier molecular flexibility index (Phi) is 3.85. The first-order valence-corrected chi connectivity index (χ1v) is 8.59. The van der Waals surface area contributed by atoms with Gasteiger partial charge in [0.15, 0.2) is 5.82 Å². The standard InChI is InChI=1S/C15H16N6O2S/c1-20-6-11(5-17-20)14-18-12(8-24-14)15(22)21-4-2-3-10(7-21)13-16-9-23-19-13/h5-6,8-10H,2-4,7H2,1H3. The highest BCUT2D eigenvalue weighted by atomic mass is 32.1. The van der Waals surface area contributed by atoms with Crippen LogP contribution in [0.15, 0.2) is 28.7 Å². The summed E-state index contributed by atoms with van der Waals surface area (Å²) in [5.74, 6) is 0.745. The summed E-state index contributed by atoms with van der Waals surface area (Å²) in [5.41, 5.74) is 1.40. The molecule has 0 radical (unpaired) electrons. The summed E-state index contributed by atoms with van der Waals surface area (Å²) in [6.45, 7) is 1.32. The van der Waals surface area contributed by atoms with Crippen LogP contribution in [0.5, 0.6) is 0 Å². The molecular weight excluding hydrogens is 328 g/mol. The van der Waals surface area contributed by atoms with Crippen molar-refractivity contribution in [3.05, 3.63) is 35.7 Å². The molecule has 9 heteroatoms. The van der Waals surface area contributed by atoms with Gasteiger partial charge in [0.05, 0.1) is 6.20 Å². The van der Waals surface area contributed by atoms with E-state index in [-0.39, 0.29) is 11.8 Å². The number of amides is 1. The molecule has 4 heterocycles. The van der Waals surface area contributed by atoms with Crippen LogP contribution in [0, 0.1) is 0 Å². The first-order valence-electron chi connectivity index (χ1n) is 7.71. The number of carbonyl (C=O) groups excluding carboxylic acids is 1. The highest BCUT2D eigenvalue weighted by Gasteiger charge is 2.29. The van der Waals surface area contributed by atoms with Crippen LogP contribution in [0.25, 0.3) is 10.6 Å². The van der Waals surface area contributed by atoms with Crippen molar-refractivity contribution in [2.24, 2.45) is 7.05 Å². The molecule has 1 amide bonds. The van der Waals surface area contributed by atoms with Crippen molar-refractivity contribution in [3.63, 3.8) is 0 Å². The number of aromatic nitrogens is 5. The Morgan fingerprint density at radius 2 is 2.38 bits per heavy atom. The van der Waals surface area contributed by atoms with Gasteiger partial charge in [-0.15, -0.1) is 11.3 Å². The maximum atomic E-state index is 12.7. The number of aryl methyl sites for hydroxylation is 1. The molecule has 1 unspecified atom stereocenters. The van der Waals surface area contributed by atoms with E-state index in [1.54, 1.807) is 10.9 Å². The van der Waals surface area contributed by atoms with Crippen LogP contribution in [-0.2, 0) is 7.05 Å². The number of rotatable bonds is 3. The minimum absolute atomic E-state index is 0.0467. The lowest BCUT2D eigenvalue weighted by atomic mass is 9.97. The fraction of sp³-hybridized carbons (Fsp3) is 0.400. The smallest absolute Gasteiger partial charge is 0.273 e. The summed E-state index contributed by atoms with van der Waals surface area (Å²) in [6, 6.07) is 0. The van der Waals surface area contributed by atoms with Gasteiger partial charge in [0, 0.05) is 43.2 Å². The van der Waals surface area contributed by atoms with E-state index in [1.165, 1.54) is 17.7 Å². The fourth-order valence-corrected chi connectivity index (χ4v) is 3.70. The summed E-state index contributed by atoms with van der Waals surface area (Å²) < 4.78 is 6.54. The lowest BCUT2D eigenvalue weighted by molar-refractivity contribution is 0.0698. The number of thiazole rings is 1. The molecule has 3 aromatic heterocycles. The number of hydrogen-bond donors (Lipinski definition) is 0. The van der Waals surface area contributed by atoms with Crippen LogP contribution in [-0.4, -0.2) is 48.8 Å². The molecule has 0 N–H and O–H groups in total. The first kappa shape index (κ1) is 15.0. The molecule has 0 aromatic carbocycles. The van der Waals surface area contributed by atoms with E-state index in [0.717, 1.165) is 30.0 Å². The largest absolute Gasteiger partial charge is 0.343 e. The van der Waals surface area contributed by atoms with Gasteiger partial charge in [-0.25, -0.2) is 4.98 Å². The molecule has 124 valence electrons. The Morgan fingerprint density at radius 3 is 3.12 bits per heavy atom. The van der Waals surface area contributed by atoms with Crippen molar-refractivity contribution in [2.45, 2.75) is 18.8 Å². The second-order valence-electron chi connectivity index (χ2n) is 5.82. The SMILES string of the molecule is Cn1cc(-c2nc(C(=O)N3CCCC(c4ncon4)C3)cs2)cn1. The molecule has 8 nitrogen and oxygen atoms in total. The highest BCUT2D eigenvalue weighted by molar-refractivity contribution is 7.13. The lowest BCUT2D eigenvalue weighted by Crippen LogP contribution is -2.39. The molecule has 0 spiro atoms. The average Bonchev–Trinajstić information content (AvgIpc) is 3.35. The van der Waals surface area contributed by atoms with Crippen molar-refractivity contribution in [1.29, 1.82) is 0 Å². The molecule has 24 heavy (non-hydrogen) atoms. The summed E-state index contributed by atoms with van der Waals surface area (Å²) in [7, 11) is 1.86. The van der Waals surface area contributed by atoms with Crippen molar-refractivity contribution >= 4 is 17.2 Å². The van der Waals surface area contributed by atoms with Crippen molar-refractivity contribution in [1.82, 2.24) is 29.8 Å². The number of likely N-dealkylation sites (tertiary alicyclic amines) is 1. The number of hydrogen-bond acceptors (Lipinski definition) is 7. The van der Waals surface area contributed by atoms with Gasteiger partial charge in [0.25, 0.3) is 5.91 Å². The summed E-state index contributed by atoms with van der Waals surface area (Å²) in [6.07, 6.45) is 6.85. The van der Waals surface area contributed by atoms with Crippen LogP contribution in [0.2, 0.25) is 0 Å². The molecular formula is C15H16N6O2S. The number of piperidine rings is 1. The third kappa shape index (κ3) is 2.82. The minimum Gasteiger partial charge on any atom is -0.343 e. The van der Waals surface area contributed by atoms with Crippen molar-refractivity contribution in [3.8, 4) is 10.6 Å². The maximum Gasteiger partial charge on any atom is 0.273 e. The van der Waals surface area contributed by atoms with Crippen LogP contribution in [0.3, 0.4) is 0 Å². The Morgan fingerprint density at radius 1 is 1.46 bits per heavy atom. The Labute approximate surface area is 142 Å². The summed E-state index contributed by atoms with van der Waals surface area (Å²) in [5, 5.41) is 10.7. The zero-order chi connectivity index (χ0) is 16.5. The number of nitrogens with zero attached hydrogens (tertiary/aromatic N) is 6. The van der Waals surface area contributed by atoms with Crippen LogP contribution in [0.4, 0.5) is 0 Å². The van der Waals surface area contributed by atoms with Gasteiger partial charge in [-0.05, 0) is 12.8 Å². The van der Waals surface area contributed by atoms with Crippen molar-refractivity contribution < 1.29 is 9.32 Å². The molecule has 1 aliphatic rings. The van der Waals surface area contributed by atoms with Crippen LogP contribution < -0.4 is 0 Å². The molecule has 1 atom stereocenters. The van der Waals surface area contributed by atoms with Crippen LogP contribution >= 0.6 is 11.3 Å². The van der Waals surface area contributed by atoms with E-state index < -0.39 is 0 Å². The van der Waals surface area contributed by atoms with E-state index >= 15 is 0 Å². The van der Waals surface area contributed by atoms with Gasteiger partial charge in [-0.2, -0.15) is 10.1 Å². The zero-order valence-corrected chi connectivity index (χ0v) is 13.9. The zero-order valence-electron chi connectivity index (χ0n) is 13.1. The molecule has 4 rings (SSSR count). The molecule has 0 bridgehead atoms. The summed E-state index contributed by atoms with van der Waals surface area (Å²) >= 11 is 1.46. The van der Waals surface area contributed by atoms with Crippen molar-refractivity contribution in [2.75, 3.05) is 13.1 Å². The number of carbonyl (C=O) groups is 1. The van der Waals surface area contributed by atoms with Gasteiger partial charge in [0.1, 0.15) is 10.7 Å². The quantitative estimate of drug-likeness (QED) is 0.721. The second-order valence-corrected chi connectivity index (χ2v) is 6.68. The van der Waals surface area contributed by atoms with E-state index in [9.17, 15) is 4.79 Å². The molecule has 1 saturated heterocycles. The predicted octanol–water partition coefficient (Wildman–Crippen LogP) is 1.95. The first-order chi connectivity index (χ1) is 11.7. The normalized spacial score (nSPS) is 18.0. The van der Waals surface area contributed by atoms with Gasteiger partial charge < -0.3 is 9.42 Å². The van der Waals surface area contributed by atoms with E-state index in [0.29, 0.717) is 18.1 Å². The fourth-order valence-electron chi connectivity index (χ4n) is 2.93. The van der Waals surface area contributed by atoms with Gasteiger partial charge in [-0.1, -0.05) is 5.16 Å². The monoisotopic (exact) mass is 344 g/mol. The molecule has 0 saturated carbocycles. The van der Waals surface area contributed by atoms with Gasteiger partial charge in [0.2, 0.25) is 6.39 Å². The maximum absolute atomic E-state index is 12.7. The minimum atomic E-state index is -0.0467. The molecule has 0 aliphatic carbocycles. The Balaban J connectivity index is 1.50. The average molecular weight is 344 g/mol. The highest BCUT2D eigenvalue weighted by Crippen LogP contribution is 2.27. The second kappa shape index (κ2) is 6.16. The topological polar surface area (TPSA) is 89.9 Å². The van der Waals surface area contributed by atoms with Crippen LogP contribution in [0.1, 0.15) is 35.1 Å². The third-order valence-corrected chi connectivity index (χ3v) is 5.02. The Bertz CT molecular complexity index is 840. The third-order valence-electron chi connectivity index (χ3n) is 4.13. The lowest BCUT2D eigenvalue weighted by Gasteiger charge is -2.30. The molecule has 1 aliphatic heterocycles. The predicted molar refractivity (Wildman–Crippen MR) is 86.5 cm³/mol. The van der Waals surface area contributed by atoms with Gasteiger partial charge >= 0.3 is 0 Å². The molecule has 1 fully saturated rings. The van der Waals surface area contributed by atoms with E-state index in [4.69, 9.17) is 4.52 Å². The van der Waals surface area contributed by atoms with Gasteiger partial charge in [-0.3, -0.25) is 9.48 Å². The Hall–Kier alpha value is -2.55. The van der Waals surface area contributed by atoms with E-state index in [2.05, 4.69) is 20.2 Å².